The van der Waals surface area contributed by atoms with Crippen LogP contribution in [0.3, 0.4) is 0 Å². The Hall–Kier alpha value is -2.89. The zero-order chi connectivity index (χ0) is 23.0. The first kappa shape index (κ1) is 22.3. The van der Waals surface area contributed by atoms with Crippen LogP contribution in [0.5, 0.6) is 0 Å². The molecule has 4 rings (SSSR count). The number of nitrogens with zero attached hydrogens (tertiary/aromatic N) is 5. The number of hydrazone groups is 1. The molecule has 7 nitrogen and oxygen atoms in total. The van der Waals surface area contributed by atoms with Crippen LogP contribution in [0, 0.1) is 23.4 Å². The quantitative estimate of drug-likeness (QED) is 0.391. The van der Waals surface area contributed by atoms with Gasteiger partial charge < -0.3 is 4.90 Å². The van der Waals surface area contributed by atoms with Crippen molar-refractivity contribution in [2.45, 2.75) is 30.1 Å². The molecule has 1 saturated heterocycles. The van der Waals surface area contributed by atoms with Crippen LogP contribution in [0.4, 0.5) is 23.4 Å². The third-order valence-electron chi connectivity index (χ3n) is 5.54. The highest BCUT2D eigenvalue weighted by molar-refractivity contribution is 7.84. The third kappa shape index (κ3) is 4.23. The second-order valence-electron chi connectivity index (χ2n) is 7.55. The number of amides is 1. The molecule has 0 radical (unpaired) electrons. The Morgan fingerprint density at radius 2 is 1.97 bits per heavy atom. The van der Waals surface area contributed by atoms with Gasteiger partial charge in [-0.25, -0.2) is 32.5 Å². The van der Waals surface area contributed by atoms with Gasteiger partial charge in [0.15, 0.2) is 11.6 Å². The highest BCUT2D eigenvalue weighted by Crippen LogP contribution is 2.35. The molecule has 32 heavy (non-hydrogen) atoms. The van der Waals surface area contributed by atoms with Crippen LogP contribution < -0.4 is 4.90 Å². The Morgan fingerprint density at radius 1 is 1.19 bits per heavy atom. The smallest absolute Gasteiger partial charge is 0.249 e. The lowest BCUT2D eigenvalue weighted by Crippen LogP contribution is -2.48. The number of halogens is 4. The summed E-state index contributed by atoms with van der Waals surface area (Å²) >= 11 is 0. The van der Waals surface area contributed by atoms with Gasteiger partial charge in [0.2, 0.25) is 5.91 Å². The molecule has 2 aromatic rings. The molecule has 1 aromatic heterocycles. The van der Waals surface area contributed by atoms with Crippen molar-refractivity contribution in [1.29, 1.82) is 0 Å². The Balaban J connectivity index is 1.50. The van der Waals surface area contributed by atoms with Crippen LogP contribution in [0.15, 0.2) is 34.7 Å². The number of carbonyl (C=O) groups is 1. The lowest BCUT2D eigenvalue weighted by atomic mass is 9.92. The predicted octanol–water partition coefficient (Wildman–Crippen LogP) is 2.76. The molecule has 1 aromatic carbocycles. The number of hydrogen-bond acceptors (Lipinski definition) is 6. The summed E-state index contributed by atoms with van der Waals surface area (Å²) in [5.41, 5.74) is -0.345. The van der Waals surface area contributed by atoms with Crippen molar-refractivity contribution in [3.8, 4) is 0 Å². The molecule has 0 N–H and O–H groups in total. The fourth-order valence-electron chi connectivity index (χ4n) is 3.92. The highest BCUT2D eigenvalue weighted by Gasteiger charge is 2.41. The number of alkyl halides is 1. The number of hydrogen-bond donors (Lipinski definition) is 0. The number of benzene rings is 1. The molecule has 12 heteroatoms. The van der Waals surface area contributed by atoms with Crippen molar-refractivity contribution >= 4 is 28.7 Å². The molecular formula is C20H19F4N5O2S. The molecule has 1 amide bonds. The van der Waals surface area contributed by atoms with Gasteiger partial charge in [-0.2, -0.15) is 5.10 Å². The predicted molar refractivity (Wildman–Crippen MR) is 109 cm³/mol. The van der Waals surface area contributed by atoms with Gasteiger partial charge in [0, 0.05) is 43.1 Å². The largest absolute Gasteiger partial charge is 0.354 e. The van der Waals surface area contributed by atoms with Crippen LogP contribution >= 0.6 is 0 Å². The summed E-state index contributed by atoms with van der Waals surface area (Å²) in [5, 5.41) is 5.14. The molecule has 1 fully saturated rings. The summed E-state index contributed by atoms with van der Waals surface area (Å²) in [7, 11) is -1.33. The standard InChI is InChI=1S/C20H19F4N5O2S/c1-32(31)18-8-17(25-10-26-18)28-5-3-12(15(23)9-28)20(30)29-16(2-4-27-29)13-6-11(21)7-14(22)19(13)24/h4,6-8,10,12,15-16H,2-3,5,9H2,1H3/t12-,15+,16+,32+/m1/s1. The van der Waals surface area contributed by atoms with Crippen LogP contribution in [-0.4, -0.2) is 56.8 Å². The maximum Gasteiger partial charge on any atom is 0.249 e. The van der Waals surface area contributed by atoms with Gasteiger partial charge in [0.25, 0.3) is 0 Å². The van der Waals surface area contributed by atoms with Crippen molar-refractivity contribution < 1.29 is 26.6 Å². The van der Waals surface area contributed by atoms with E-state index >= 15 is 4.39 Å². The van der Waals surface area contributed by atoms with E-state index in [0.29, 0.717) is 16.9 Å². The topological polar surface area (TPSA) is 78.8 Å². The van der Waals surface area contributed by atoms with Crippen molar-refractivity contribution in [3.63, 3.8) is 0 Å². The van der Waals surface area contributed by atoms with Crippen LogP contribution in [-0.2, 0) is 15.6 Å². The Morgan fingerprint density at radius 3 is 2.69 bits per heavy atom. The van der Waals surface area contributed by atoms with E-state index < -0.39 is 52.3 Å². The summed E-state index contributed by atoms with van der Waals surface area (Å²) in [4.78, 5) is 22.7. The lowest BCUT2D eigenvalue weighted by molar-refractivity contribution is -0.140. The van der Waals surface area contributed by atoms with Crippen LogP contribution in [0.2, 0.25) is 0 Å². The molecule has 0 spiro atoms. The summed E-state index contributed by atoms with van der Waals surface area (Å²) in [5.74, 6) is -4.96. The number of piperidine rings is 1. The Labute approximate surface area is 183 Å². The molecule has 0 bridgehead atoms. The zero-order valence-corrected chi connectivity index (χ0v) is 17.7. The van der Waals surface area contributed by atoms with Gasteiger partial charge in [-0.15, -0.1) is 0 Å². The summed E-state index contributed by atoms with van der Waals surface area (Å²) in [6.45, 7) is 0.142. The molecule has 2 aliphatic heterocycles. The minimum absolute atomic E-state index is 0.0548. The van der Waals surface area contributed by atoms with Gasteiger partial charge in [-0.3, -0.25) is 9.00 Å². The average Bonchev–Trinajstić information content (AvgIpc) is 3.25. The Bertz CT molecular complexity index is 1100. The van der Waals surface area contributed by atoms with E-state index in [4.69, 9.17) is 0 Å². The van der Waals surface area contributed by atoms with Crippen molar-refractivity contribution in [3.05, 3.63) is 47.5 Å². The minimum Gasteiger partial charge on any atom is -0.354 e. The fraction of sp³-hybridized carbons (Fsp3) is 0.400. The first-order valence-electron chi connectivity index (χ1n) is 9.80. The maximum absolute atomic E-state index is 15.0. The van der Waals surface area contributed by atoms with Crippen molar-refractivity contribution in [1.82, 2.24) is 15.0 Å². The van der Waals surface area contributed by atoms with E-state index in [2.05, 4.69) is 15.1 Å². The highest BCUT2D eigenvalue weighted by atomic mass is 32.2. The molecule has 4 atom stereocenters. The number of rotatable bonds is 4. The summed E-state index contributed by atoms with van der Waals surface area (Å²) in [6.07, 6.45) is 2.63. The lowest BCUT2D eigenvalue weighted by Gasteiger charge is -2.36. The Kier molecular flexibility index (Phi) is 6.22. The summed E-state index contributed by atoms with van der Waals surface area (Å²) in [6, 6.07) is 1.69. The first-order valence-corrected chi connectivity index (χ1v) is 11.4. The average molecular weight is 469 g/mol. The first-order chi connectivity index (χ1) is 15.3. The van der Waals surface area contributed by atoms with Gasteiger partial charge in [0.05, 0.1) is 29.3 Å². The molecule has 0 saturated carbocycles. The molecule has 3 heterocycles. The van der Waals surface area contributed by atoms with E-state index in [-0.39, 0.29) is 31.5 Å². The van der Waals surface area contributed by atoms with Gasteiger partial charge >= 0.3 is 0 Å². The third-order valence-corrected chi connectivity index (χ3v) is 6.35. The summed E-state index contributed by atoms with van der Waals surface area (Å²) < 4.78 is 68.3. The van der Waals surface area contributed by atoms with E-state index in [0.717, 1.165) is 11.1 Å². The molecule has 0 unspecified atom stereocenters. The monoisotopic (exact) mass is 469 g/mol. The molecule has 170 valence electrons. The van der Waals surface area contributed by atoms with Gasteiger partial charge in [-0.1, -0.05) is 0 Å². The zero-order valence-electron chi connectivity index (χ0n) is 16.9. The molecular weight excluding hydrogens is 450 g/mol. The van der Waals surface area contributed by atoms with Crippen LogP contribution in [0.25, 0.3) is 0 Å². The number of aromatic nitrogens is 2. The van der Waals surface area contributed by atoms with Crippen LogP contribution in [0.1, 0.15) is 24.4 Å². The van der Waals surface area contributed by atoms with E-state index in [1.807, 2.05) is 0 Å². The normalized spacial score (nSPS) is 24.1. The fourth-order valence-corrected chi connectivity index (χ4v) is 4.39. The number of anilines is 1. The van der Waals surface area contributed by atoms with Gasteiger partial charge in [0.1, 0.15) is 29.2 Å². The maximum atomic E-state index is 15.0. The van der Waals surface area contributed by atoms with E-state index in [9.17, 15) is 22.2 Å². The number of carbonyl (C=O) groups excluding carboxylic acids is 1. The van der Waals surface area contributed by atoms with E-state index in [1.54, 1.807) is 4.90 Å². The van der Waals surface area contributed by atoms with E-state index in [1.165, 1.54) is 24.9 Å². The molecule has 0 aliphatic carbocycles. The van der Waals surface area contributed by atoms with Crippen molar-refractivity contribution in [2.24, 2.45) is 11.0 Å². The minimum atomic E-state index is -1.59. The van der Waals surface area contributed by atoms with Gasteiger partial charge in [-0.05, 0) is 12.5 Å². The van der Waals surface area contributed by atoms with Crippen molar-refractivity contribution in [2.75, 3.05) is 24.2 Å². The second kappa shape index (κ2) is 8.93. The second-order valence-corrected chi connectivity index (χ2v) is 8.88. The molecule has 2 aliphatic rings. The SMILES string of the molecule is C[S@](=O)c1cc(N2CC[C@@H](C(=O)N3N=CC[C@H]3c3cc(F)cc(F)c3F)[C@@H](F)C2)ncn1.